The summed E-state index contributed by atoms with van der Waals surface area (Å²) in [5.74, 6) is 1.72. The van der Waals surface area contributed by atoms with E-state index >= 15 is 0 Å². The molecule has 3 nitrogen and oxygen atoms in total. The summed E-state index contributed by atoms with van der Waals surface area (Å²) in [4.78, 5) is 0. The highest BCUT2D eigenvalue weighted by atomic mass is 16.8. The molecule has 0 fully saturated rings. The normalized spacial score (nSPS) is 15.6. The first-order chi connectivity index (χ1) is 6.79. The second-order valence-electron chi connectivity index (χ2n) is 3.58. The van der Waals surface area contributed by atoms with Crippen molar-refractivity contribution in [2.75, 3.05) is 13.8 Å². The van der Waals surface area contributed by atoms with Crippen LogP contribution in [0.15, 0.2) is 18.2 Å². The van der Waals surface area contributed by atoms with Gasteiger partial charge in [-0.25, -0.2) is 0 Å². The molecule has 0 radical (unpaired) electrons. The van der Waals surface area contributed by atoms with Crippen molar-refractivity contribution in [3.05, 3.63) is 23.8 Å². The lowest BCUT2D eigenvalue weighted by atomic mass is 10.3. The monoisotopic (exact) mass is 199 g/mol. The molecular weight excluding hydrogens is 184 g/mol. The number of likely N-dealkylation sites (N-methyl/N-ethyl adjacent to an activating group) is 1. The van der Waals surface area contributed by atoms with Crippen molar-refractivity contribution >= 4 is 0 Å². The van der Waals surface area contributed by atoms with E-state index in [0.717, 1.165) is 17.9 Å². The van der Waals surface area contributed by atoms with Gasteiger partial charge in [0, 0.05) is 6.04 Å². The second kappa shape index (κ2) is 3.88. The number of hydrogen-bond donors (Lipinski definition) is 1. The molecule has 0 saturated carbocycles. The third-order valence-corrected chi connectivity index (χ3v) is 2.47. The number of ether oxygens (including phenoxy) is 2. The molecule has 1 atom stereocenters. The van der Waals surface area contributed by atoms with Crippen molar-refractivity contribution in [3.8, 4) is 11.5 Å². The number of benzene rings is 1. The van der Waals surface area contributed by atoms with Gasteiger partial charge in [-0.15, -0.1) is 0 Å². The topological polar surface area (TPSA) is 30.5 Å². The van der Waals surface area contributed by atoms with Crippen LogP contribution in [0.1, 0.15) is 12.5 Å². The molecule has 0 spiro atoms. The van der Waals surface area contributed by atoms with E-state index in [1.807, 2.05) is 13.1 Å². The lowest BCUT2D eigenvalue weighted by molar-refractivity contribution is 0.174. The van der Waals surface area contributed by atoms with Gasteiger partial charge in [-0.3, -0.25) is 0 Å². The number of fused-ring (bicyclic) bond motifs is 1. The van der Waals surface area contributed by atoms with Crippen molar-refractivity contribution < 1.29 is 9.47 Å². The van der Waals surface area contributed by atoms with E-state index in [1.54, 1.807) is 0 Å². The van der Waals surface area contributed by atoms with Crippen molar-refractivity contribution in [2.24, 2.45) is 0 Å². The summed E-state index contributed by atoms with van der Waals surface area (Å²) < 4.78 is 10.6. The molecule has 1 aromatic rings. The quantitative estimate of drug-likeness (QED) is 0.801. The summed E-state index contributed by atoms with van der Waals surface area (Å²) in [6.45, 7) is 2.50. The van der Waals surface area contributed by atoms with Gasteiger partial charge in [0.05, 0.1) is 0 Å². The highest BCUT2D eigenvalue weighted by Gasteiger charge is 2.13. The summed E-state index contributed by atoms with van der Waals surface area (Å²) in [5.41, 5.74) is 1.27. The lowest BCUT2D eigenvalue weighted by Gasteiger charge is -2.09. The molecule has 76 valence electrons. The highest BCUT2D eigenvalue weighted by molar-refractivity contribution is 5.44. The van der Waals surface area contributed by atoms with Gasteiger partial charge < -0.3 is 14.8 Å². The smallest absolute Gasteiger partial charge is 0.231 e. The summed E-state index contributed by atoms with van der Waals surface area (Å²) in [6, 6.07) is 6.59. The zero-order chi connectivity index (χ0) is 9.97. The Morgan fingerprint density at radius 2 is 2.14 bits per heavy atom. The van der Waals surface area contributed by atoms with E-state index in [9.17, 15) is 0 Å². The van der Waals surface area contributed by atoms with Gasteiger partial charge in [0.15, 0.2) is 11.5 Å². The van der Waals surface area contributed by atoms with Gasteiger partial charge in [-0.05, 0) is 38.1 Å². The Hall–Kier alpha value is -1.22. The molecule has 1 N–H and O–H groups in total. The van der Waals surface area contributed by atoms with Crippen molar-refractivity contribution in [1.29, 1.82) is 0 Å². The minimum Gasteiger partial charge on any atom is -0.454 e. The minimum absolute atomic E-state index is 0.348. The minimum atomic E-state index is 0.348. The Morgan fingerprint density at radius 3 is 2.93 bits per heavy atom. The molecule has 1 heterocycles. The molecule has 1 aliphatic heterocycles. The third kappa shape index (κ3) is 1.82. The largest absolute Gasteiger partial charge is 0.454 e. The molecule has 14 heavy (non-hydrogen) atoms. The summed E-state index contributed by atoms with van der Waals surface area (Å²) in [7, 11) is 1.97. The summed E-state index contributed by atoms with van der Waals surface area (Å²) >= 11 is 0. The molecule has 3 heteroatoms. The molecule has 1 unspecified atom stereocenters. The maximum absolute atomic E-state index is 5.31. The Labute approximate surface area is 84.0 Å². The Balaban J connectivity index is 2.12. The van der Waals surface area contributed by atoms with Crippen LogP contribution in [0, 0.1) is 0 Å². The molecule has 0 aromatic heterocycles. The average Bonchev–Trinajstić information content (AvgIpc) is 2.64. The Bertz CT molecular complexity index is 325. The van der Waals surface area contributed by atoms with Gasteiger partial charge in [-0.1, -0.05) is 6.07 Å². The molecule has 0 saturated heterocycles. The Kier molecular flexibility index (Phi) is 2.59. The van der Waals surface area contributed by atoms with Gasteiger partial charge in [0.1, 0.15) is 0 Å². The highest BCUT2D eigenvalue weighted by Crippen LogP contribution is 2.32. The van der Waals surface area contributed by atoms with Crippen LogP contribution in [0.3, 0.4) is 0 Å². The average molecular weight is 199 g/mol. The van der Waals surface area contributed by atoms with Gasteiger partial charge in [0.25, 0.3) is 0 Å². The lowest BCUT2D eigenvalue weighted by Crippen LogP contribution is -2.23. The predicted molar refractivity (Wildman–Crippen MR) is 54.8 cm³/mol. The molecule has 1 aromatic carbocycles. The first-order valence-corrected chi connectivity index (χ1v) is 4.85. The number of hydrogen-bond acceptors (Lipinski definition) is 3. The van der Waals surface area contributed by atoms with Crippen LogP contribution in [0.25, 0.3) is 0 Å². The number of nitrogens with one attached hydrogen (secondary N) is 1. The van der Waals surface area contributed by atoms with E-state index in [1.165, 1.54) is 5.56 Å². The van der Waals surface area contributed by atoms with E-state index in [0.29, 0.717) is 12.8 Å². The van der Waals surface area contributed by atoms with E-state index in [4.69, 9.17) is 9.47 Å². The van der Waals surface area contributed by atoms with Crippen LogP contribution in [-0.2, 0) is 6.42 Å². The van der Waals surface area contributed by atoms with Gasteiger partial charge in [0.2, 0.25) is 6.79 Å². The van der Waals surface area contributed by atoms with E-state index < -0.39 is 0 Å². The van der Waals surface area contributed by atoms with E-state index in [-0.39, 0.29) is 0 Å². The van der Waals surface area contributed by atoms with Crippen LogP contribution >= 0.6 is 0 Å². The van der Waals surface area contributed by atoms with Crippen molar-refractivity contribution in [2.45, 2.75) is 19.4 Å². The zero-order valence-corrected chi connectivity index (χ0v) is 8.54. The fraction of sp³-hybridized carbons (Fsp3) is 0.455. The van der Waals surface area contributed by atoms with Crippen LogP contribution in [0.4, 0.5) is 0 Å². The maximum atomic E-state index is 5.31. The standard InChI is InChI=1S/C11H15NO2/c1-8(12-2)5-9-3-4-10-11(6-9)14-7-13-10/h3-4,6,8,12H,5,7H2,1-2H3/i3+1,4+1,6+1,9+1,10+1,11+1. The van der Waals surface area contributed by atoms with Crippen LogP contribution in [0.2, 0.25) is 0 Å². The molecule has 0 bridgehead atoms. The van der Waals surface area contributed by atoms with Gasteiger partial charge in [-0.2, -0.15) is 0 Å². The fourth-order valence-electron chi connectivity index (χ4n) is 1.52. The zero-order valence-electron chi connectivity index (χ0n) is 8.54. The molecule has 1 aliphatic rings. The first-order valence-electron chi connectivity index (χ1n) is 4.85. The van der Waals surface area contributed by atoms with Crippen molar-refractivity contribution in [1.82, 2.24) is 5.32 Å². The molecule has 0 amide bonds. The molecule has 0 aliphatic carbocycles. The number of rotatable bonds is 3. The summed E-state index contributed by atoms with van der Waals surface area (Å²) in [5, 5.41) is 3.21. The Morgan fingerprint density at radius 1 is 1.36 bits per heavy atom. The first kappa shape index (κ1) is 9.34. The fourth-order valence-corrected chi connectivity index (χ4v) is 1.52. The SMILES string of the molecule is CNC(C)C[13c]1[13cH][13cH][13c]2[13c]([13cH]1)OCO2. The molecule has 2 rings (SSSR count). The van der Waals surface area contributed by atoms with Crippen LogP contribution in [-0.4, -0.2) is 19.9 Å². The van der Waals surface area contributed by atoms with Crippen LogP contribution in [0.5, 0.6) is 11.5 Å². The van der Waals surface area contributed by atoms with Gasteiger partial charge >= 0.3 is 0 Å². The third-order valence-electron chi connectivity index (χ3n) is 2.47. The summed E-state index contributed by atoms with van der Waals surface area (Å²) in [6.07, 6.45) is 1.01. The maximum Gasteiger partial charge on any atom is 0.231 e. The van der Waals surface area contributed by atoms with Crippen molar-refractivity contribution in [3.63, 3.8) is 0 Å². The predicted octanol–water partition coefficient (Wildman–Crippen LogP) is 1.57. The second-order valence-corrected chi connectivity index (χ2v) is 3.58. The van der Waals surface area contributed by atoms with E-state index in [2.05, 4.69) is 24.4 Å². The molecular formula is C11H15NO2. The van der Waals surface area contributed by atoms with Crippen LogP contribution < -0.4 is 14.8 Å².